The van der Waals surface area contributed by atoms with Gasteiger partial charge in [0.25, 0.3) is 5.91 Å². The van der Waals surface area contributed by atoms with Crippen LogP contribution in [0.3, 0.4) is 0 Å². The van der Waals surface area contributed by atoms with Crippen molar-refractivity contribution in [3.63, 3.8) is 0 Å². The monoisotopic (exact) mass is 471 g/mol. The summed E-state index contributed by atoms with van der Waals surface area (Å²) in [7, 11) is 0. The molecule has 2 amide bonds. The maximum absolute atomic E-state index is 12.8. The zero-order valence-electron chi connectivity index (χ0n) is 20.5. The first-order chi connectivity index (χ1) is 17.0. The lowest BCUT2D eigenvalue weighted by Gasteiger charge is -2.16. The predicted octanol–water partition coefficient (Wildman–Crippen LogP) is 5.10. The third-order valence-electron chi connectivity index (χ3n) is 6.34. The average molecular weight is 472 g/mol. The van der Waals surface area contributed by atoms with Gasteiger partial charge >= 0.3 is 0 Å². The molecule has 0 spiro atoms. The number of carbonyl (C=O) groups is 2. The number of likely N-dealkylation sites (tertiary alicyclic amines) is 1. The Hall–Kier alpha value is -3.64. The highest BCUT2D eigenvalue weighted by Gasteiger charge is 2.16. The van der Waals surface area contributed by atoms with Crippen LogP contribution < -0.4 is 15.4 Å². The summed E-state index contributed by atoms with van der Waals surface area (Å²) in [6.45, 7) is 7.71. The highest BCUT2D eigenvalue weighted by atomic mass is 16.5. The van der Waals surface area contributed by atoms with Gasteiger partial charge in [-0.3, -0.25) is 9.59 Å². The number of carbonyl (C=O) groups excluding carboxylic acids is 2. The SMILES string of the molecule is Cc1ccc(Oc2ccc(C(=O)NCCN3CCCC3)cc2NC(=O)Cc2ccccc2)cc1C. The minimum Gasteiger partial charge on any atom is -0.455 e. The molecule has 6 nitrogen and oxygen atoms in total. The van der Waals surface area contributed by atoms with Crippen LogP contribution >= 0.6 is 0 Å². The molecule has 0 aliphatic carbocycles. The molecule has 0 bridgehead atoms. The summed E-state index contributed by atoms with van der Waals surface area (Å²) in [6, 6.07) is 20.6. The normalized spacial score (nSPS) is 13.4. The van der Waals surface area contributed by atoms with Gasteiger partial charge in [-0.2, -0.15) is 0 Å². The van der Waals surface area contributed by atoms with Crippen LogP contribution in [0.15, 0.2) is 66.7 Å². The highest BCUT2D eigenvalue weighted by Crippen LogP contribution is 2.32. The minimum atomic E-state index is -0.173. The third kappa shape index (κ3) is 6.93. The summed E-state index contributed by atoms with van der Waals surface area (Å²) in [4.78, 5) is 28.0. The van der Waals surface area contributed by atoms with Gasteiger partial charge in [-0.1, -0.05) is 36.4 Å². The van der Waals surface area contributed by atoms with E-state index in [2.05, 4.69) is 15.5 Å². The Labute approximate surface area is 207 Å². The molecule has 6 heteroatoms. The van der Waals surface area contributed by atoms with Crippen LogP contribution in [0, 0.1) is 13.8 Å². The number of nitrogens with zero attached hydrogens (tertiary/aromatic N) is 1. The Kier molecular flexibility index (Phi) is 8.16. The molecule has 0 saturated carbocycles. The van der Waals surface area contributed by atoms with Crippen LogP contribution in [-0.4, -0.2) is 42.9 Å². The Morgan fingerprint density at radius 1 is 0.914 bits per heavy atom. The van der Waals surface area contributed by atoms with Gasteiger partial charge in [-0.15, -0.1) is 0 Å². The largest absolute Gasteiger partial charge is 0.455 e. The molecule has 0 radical (unpaired) electrons. The van der Waals surface area contributed by atoms with Gasteiger partial charge in [0, 0.05) is 18.7 Å². The van der Waals surface area contributed by atoms with E-state index in [4.69, 9.17) is 4.74 Å². The number of hydrogen-bond acceptors (Lipinski definition) is 4. The van der Waals surface area contributed by atoms with Crippen LogP contribution in [0.1, 0.15) is 39.9 Å². The average Bonchev–Trinajstić information content (AvgIpc) is 3.36. The van der Waals surface area contributed by atoms with Crippen molar-refractivity contribution >= 4 is 17.5 Å². The Balaban J connectivity index is 1.50. The van der Waals surface area contributed by atoms with Gasteiger partial charge in [0.2, 0.25) is 5.91 Å². The zero-order valence-corrected chi connectivity index (χ0v) is 20.5. The molecule has 1 aliphatic rings. The standard InChI is InChI=1S/C29H33N3O3/c1-21-10-12-25(18-22(21)2)35-27-13-11-24(29(34)30-14-17-32-15-6-7-16-32)20-26(27)31-28(33)19-23-8-4-3-5-9-23/h3-5,8-13,18,20H,6-7,14-17,19H2,1-2H3,(H,30,34)(H,31,33). The molecule has 1 aliphatic heterocycles. The number of aryl methyl sites for hydroxylation is 2. The number of benzene rings is 3. The van der Waals surface area contributed by atoms with E-state index in [0.717, 1.165) is 30.8 Å². The van der Waals surface area contributed by atoms with Crippen LogP contribution in [-0.2, 0) is 11.2 Å². The summed E-state index contributed by atoms with van der Waals surface area (Å²) < 4.78 is 6.13. The van der Waals surface area contributed by atoms with Crippen molar-refractivity contribution in [2.75, 3.05) is 31.5 Å². The topological polar surface area (TPSA) is 70.7 Å². The lowest BCUT2D eigenvalue weighted by atomic mass is 10.1. The maximum Gasteiger partial charge on any atom is 0.251 e. The smallest absolute Gasteiger partial charge is 0.251 e. The first kappa shape index (κ1) is 24.5. The van der Waals surface area contributed by atoms with Crippen LogP contribution in [0.25, 0.3) is 0 Å². The molecule has 2 N–H and O–H groups in total. The number of rotatable bonds is 9. The maximum atomic E-state index is 12.8. The second-order valence-corrected chi connectivity index (χ2v) is 9.07. The molecule has 0 unspecified atom stereocenters. The quantitative estimate of drug-likeness (QED) is 0.455. The summed E-state index contributed by atoms with van der Waals surface area (Å²) in [5.41, 5.74) is 4.16. The molecule has 1 fully saturated rings. The Morgan fingerprint density at radius 3 is 2.43 bits per heavy atom. The lowest BCUT2D eigenvalue weighted by Crippen LogP contribution is -2.33. The number of hydrogen-bond donors (Lipinski definition) is 2. The number of anilines is 1. The molecule has 182 valence electrons. The van der Waals surface area contributed by atoms with Gasteiger partial charge in [-0.05, 0) is 86.8 Å². The summed E-state index contributed by atoms with van der Waals surface area (Å²) in [6.07, 6.45) is 2.68. The Bertz CT molecular complexity index is 1170. The van der Waals surface area contributed by atoms with E-state index in [9.17, 15) is 9.59 Å². The number of amides is 2. The van der Waals surface area contributed by atoms with Crippen molar-refractivity contribution in [1.29, 1.82) is 0 Å². The summed E-state index contributed by atoms with van der Waals surface area (Å²) in [5.74, 6) is 0.825. The number of nitrogens with one attached hydrogen (secondary N) is 2. The Morgan fingerprint density at radius 2 is 1.69 bits per heavy atom. The molecule has 1 saturated heterocycles. The van der Waals surface area contributed by atoms with Crippen LogP contribution in [0.5, 0.6) is 11.5 Å². The van der Waals surface area contributed by atoms with E-state index in [1.165, 1.54) is 18.4 Å². The first-order valence-electron chi connectivity index (χ1n) is 12.2. The van der Waals surface area contributed by atoms with Crippen molar-refractivity contribution in [2.45, 2.75) is 33.1 Å². The fourth-order valence-electron chi connectivity index (χ4n) is 4.17. The number of ether oxygens (including phenoxy) is 1. The van der Waals surface area contributed by atoms with Gasteiger partial charge in [0.15, 0.2) is 5.75 Å². The highest BCUT2D eigenvalue weighted by molar-refractivity contribution is 5.98. The molecule has 3 aromatic carbocycles. The van der Waals surface area contributed by atoms with Gasteiger partial charge in [0.1, 0.15) is 5.75 Å². The molecule has 0 atom stereocenters. The molecular weight excluding hydrogens is 438 g/mol. The molecule has 1 heterocycles. The minimum absolute atomic E-state index is 0.166. The van der Waals surface area contributed by atoms with E-state index in [0.29, 0.717) is 29.3 Å². The first-order valence-corrected chi connectivity index (χ1v) is 12.2. The van der Waals surface area contributed by atoms with Gasteiger partial charge < -0.3 is 20.3 Å². The van der Waals surface area contributed by atoms with Crippen molar-refractivity contribution in [1.82, 2.24) is 10.2 Å². The summed E-state index contributed by atoms with van der Waals surface area (Å²) in [5, 5.41) is 5.94. The van der Waals surface area contributed by atoms with Crippen molar-refractivity contribution in [3.8, 4) is 11.5 Å². The molecular formula is C29H33N3O3. The third-order valence-corrected chi connectivity index (χ3v) is 6.34. The molecule has 3 aromatic rings. The lowest BCUT2D eigenvalue weighted by molar-refractivity contribution is -0.115. The van der Waals surface area contributed by atoms with Crippen LogP contribution in [0.4, 0.5) is 5.69 Å². The summed E-state index contributed by atoms with van der Waals surface area (Å²) >= 11 is 0. The van der Waals surface area contributed by atoms with Gasteiger partial charge in [-0.25, -0.2) is 0 Å². The van der Waals surface area contributed by atoms with E-state index in [-0.39, 0.29) is 18.2 Å². The van der Waals surface area contributed by atoms with E-state index < -0.39 is 0 Å². The van der Waals surface area contributed by atoms with Crippen molar-refractivity contribution in [2.24, 2.45) is 0 Å². The molecule has 35 heavy (non-hydrogen) atoms. The fraction of sp³-hybridized carbons (Fsp3) is 0.310. The van der Waals surface area contributed by atoms with Crippen molar-refractivity contribution < 1.29 is 14.3 Å². The van der Waals surface area contributed by atoms with E-state index in [1.807, 2.05) is 62.4 Å². The predicted molar refractivity (Wildman–Crippen MR) is 139 cm³/mol. The zero-order chi connectivity index (χ0) is 24.6. The molecule has 4 rings (SSSR count). The van der Waals surface area contributed by atoms with Crippen molar-refractivity contribution in [3.05, 3.63) is 89.0 Å². The fourth-order valence-corrected chi connectivity index (χ4v) is 4.17. The second-order valence-electron chi connectivity index (χ2n) is 9.07. The van der Waals surface area contributed by atoms with Gasteiger partial charge in [0.05, 0.1) is 12.1 Å². The molecule has 0 aromatic heterocycles. The van der Waals surface area contributed by atoms with E-state index in [1.54, 1.807) is 18.2 Å². The van der Waals surface area contributed by atoms with E-state index >= 15 is 0 Å². The second kappa shape index (κ2) is 11.7. The van der Waals surface area contributed by atoms with Crippen LogP contribution in [0.2, 0.25) is 0 Å².